The largest absolute Gasteiger partial charge is 0.378 e. The van der Waals surface area contributed by atoms with E-state index in [1.807, 2.05) is 31.2 Å². The Labute approximate surface area is 106 Å². The van der Waals surface area contributed by atoms with Gasteiger partial charge >= 0.3 is 0 Å². The molecule has 3 nitrogen and oxygen atoms in total. The van der Waals surface area contributed by atoms with Gasteiger partial charge in [-0.1, -0.05) is 24.3 Å². The lowest BCUT2D eigenvalue weighted by Crippen LogP contribution is -2.22. The van der Waals surface area contributed by atoms with Crippen LogP contribution in [-0.4, -0.2) is 23.5 Å². The van der Waals surface area contributed by atoms with Gasteiger partial charge in [-0.15, -0.1) is 0 Å². The predicted molar refractivity (Wildman–Crippen MR) is 69.6 cm³/mol. The first-order chi connectivity index (χ1) is 8.77. The molecule has 1 aromatic heterocycles. The van der Waals surface area contributed by atoms with Gasteiger partial charge in [-0.3, -0.25) is 9.78 Å². The maximum atomic E-state index is 12.6. The SMILES string of the molecule is CC1OCCC1C(=O)c1cncc2ccccc12. The highest BCUT2D eigenvalue weighted by Crippen LogP contribution is 2.27. The van der Waals surface area contributed by atoms with Gasteiger partial charge in [-0.2, -0.15) is 0 Å². The lowest BCUT2D eigenvalue weighted by Gasteiger charge is -2.13. The van der Waals surface area contributed by atoms with Crippen LogP contribution in [0.25, 0.3) is 10.8 Å². The second kappa shape index (κ2) is 4.50. The van der Waals surface area contributed by atoms with Gasteiger partial charge in [0.15, 0.2) is 5.78 Å². The van der Waals surface area contributed by atoms with Gasteiger partial charge in [-0.25, -0.2) is 0 Å². The van der Waals surface area contributed by atoms with E-state index in [4.69, 9.17) is 4.74 Å². The summed E-state index contributed by atoms with van der Waals surface area (Å²) in [7, 11) is 0. The van der Waals surface area contributed by atoms with E-state index in [0.717, 1.165) is 22.8 Å². The third-order valence-electron chi connectivity index (χ3n) is 3.65. The fraction of sp³-hybridized carbons (Fsp3) is 0.333. The maximum absolute atomic E-state index is 12.6. The highest BCUT2D eigenvalue weighted by atomic mass is 16.5. The van der Waals surface area contributed by atoms with Gasteiger partial charge in [0, 0.05) is 30.0 Å². The average molecular weight is 241 g/mol. The quantitative estimate of drug-likeness (QED) is 0.759. The topological polar surface area (TPSA) is 39.2 Å². The summed E-state index contributed by atoms with van der Waals surface area (Å²) in [5, 5.41) is 1.99. The molecule has 1 fully saturated rings. The molecule has 2 heterocycles. The zero-order valence-electron chi connectivity index (χ0n) is 10.3. The summed E-state index contributed by atoms with van der Waals surface area (Å²) < 4.78 is 5.48. The molecule has 2 atom stereocenters. The summed E-state index contributed by atoms with van der Waals surface area (Å²) in [5.74, 6) is 0.127. The minimum absolute atomic E-state index is 0.0106. The van der Waals surface area contributed by atoms with Gasteiger partial charge in [0.2, 0.25) is 0 Å². The van der Waals surface area contributed by atoms with Crippen LogP contribution in [0.4, 0.5) is 0 Å². The lowest BCUT2D eigenvalue weighted by molar-refractivity contribution is 0.0765. The van der Waals surface area contributed by atoms with E-state index in [1.54, 1.807) is 12.4 Å². The zero-order chi connectivity index (χ0) is 12.5. The van der Waals surface area contributed by atoms with Crippen molar-refractivity contribution < 1.29 is 9.53 Å². The van der Waals surface area contributed by atoms with Crippen LogP contribution >= 0.6 is 0 Å². The normalized spacial score (nSPS) is 23.4. The van der Waals surface area contributed by atoms with E-state index in [9.17, 15) is 4.79 Å². The van der Waals surface area contributed by atoms with E-state index < -0.39 is 0 Å². The summed E-state index contributed by atoms with van der Waals surface area (Å²) in [6.45, 7) is 2.64. The Morgan fingerprint density at radius 2 is 2.17 bits per heavy atom. The highest BCUT2D eigenvalue weighted by Gasteiger charge is 2.32. The first-order valence-electron chi connectivity index (χ1n) is 6.26. The average Bonchev–Trinajstić information content (AvgIpc) is 2.83. The van der Waals surface area contributed by atoms with E-state index in [0.29, 0.717) is 6.61 Å². The van der Waals surface area contributed by atoms with Crippen molar-refractivity contribution >= 4 is 16.6 Å². The molecule has 0 N–H and O–H groups in total. The molecule has 92 valence electrons. The molecule has 0 spiro atoms. The number of aromatic nitrogens is 1. The summed E-state index contributed by atoms with van der Waals surface area (Å²) in [4.78, 5) is 16.7. The van der Waals surface area contributed by atoms with E-state index in [1.165, 1.54) is 0 Å². The van der Waals surface area contributed by atoms with Crippen molar-refractivity contribution in [2.75, 3.05) is 6.61 Å². The Morgan fingerprint density at radius 1 is 1.33 bits per heavy atom. The zero-order valence-corrected chi connectivity index (χ0v) is 10.3. The number of hydrogen-bond acceptors (Lipinski definition) is 3. The molecule has 1 aliphatic heterocycles. The molecule has 0 saturated carbocycles. The third-order valence-corrected chi connectivity index (χ3v) is 3.65. The number of rotatable bonds is 2. The van der Waals surface area contributed by atoms with Crippen molar-refractivity contribution in [1.29, 1.82) is 0 Å². The minimum atomic E-state index is -0.0300. The maximum Gasteiger partial charge on any atom is 0.170 e. The molecule has 3 rings (SSSR count). The summed E-state index contributed by atoms with van der Waals surface area (Å²) in [6.07, 6.45) is 4.29. The van der Waals surface area contributed by atoms with Crippen molar-refractivity contribution in [2.24, 2.45) is 5.92 Å². The van der Waals surface area contributed by atoms with E-state index >= 15 is 0 Å². The summed E-state index contributed by atoms with van der Waals surface area (Å²) in [6, 6.07) is 7.87. The first-order valence-corrected chi connectivity index (χ1v) is 6.26. The van der Waals surface area contributed by atoms with Gasteiger partial charge in [0.05, 0.1) is 12.0 Å². The summed E-state index contributed by atoms with van der Waals surface area (Å²) >= 11 is 0. The lowest BCUT2D eigenvalue weighted by atomic mass is 9.91. The molecule has 1 aliphatic rings. The van der Waals surface area contributed by atoms with Gasteiger partial charge in [0.25, 0.3) is 0 Å². The number of pyridine rings is 1. The Balaban J connectivity index is 2.06. The van der Waals surface area contributed by atoms with Crippen molar-refractivity contribution in [3.05, 3.63) is 42.2 Å². The van der Waals surface area contributed by atoms with Crippen LogP contribution in [0.2, 0.25) is 0 Å². The molecule has 0 amide bonds. The molecule has 18 heavy (non-hydrogen) atoms. The Kier molecular flexibility index (Phi) is 2.84. The van der Waals surface area contributed by atoms with Gasteiger partial charge in [-0.05, 0) is 18.7 Å². The van der Waals surface area contributed by atoms with Gasteiger partial charge in [0.1, 0.15) is 0 Å². The molecule has 2 aromatic rings. The molecule has 3 heteroatoms. The fourth-order valence-corrected chi connectivity index (χ4v) is 2.59. The van der Waals surface area contributed by atoms with Crippen LogP contribution in [0.5, 0.6) is 0 Å². The molecule has 0 bridgehead atoms. The second-order valence-electron chi connectivity index (χ2n) is 4.74. The van der Waals surface area contributed by atoms with Crippen LogP contribution in [0.1, 0.15) is 23.7 Å². The number of fused-ring (bicyclic) bond motifs is 1. The number of hydrogen-bond donors (Lipinski definition) is 0. The van der Waals surface area contributed by atoms with Crippen molar-refractivity contribution in [1.82, 2.24) is 4.98 Å². The van der Waals surface area contributed by atoms with E-state index in [-0.39, 0.29) is 17.8 Å². The Bertz CT molecular complexity index is 589. The van der Waals surface area contributed by atoms with Gasteiger partial charge < -0.3 is 4.74 Å². The molecular formula is C15H15NO2. The van der Waals surface area contributed by atoms with Crippen LogP contribution in [0.3, 0.4) is 0 Å². The van der Waals surface area contributed by atoms with Crippen molar-refractivity contribution in [2.45, 2.75) is 19.4 Å². The van der Waals surface area contributed by atoms with Crippen LogP contribution < -0.4 is 0 Å². The molecule has 1 aromatic carbocycles. The Morgan fingerprint density at radius 3 is 2.94 bits per heavy atom. The summed E-state index contributed by atoms with van der Waals surface area (Å²) in [5.41, 5.74) is 0.718. The number of ether oxygens (including phenoxy) is 1. The highest BCUT2D eigenvalue weighted by molar-refractivity contribution is 6.08. The molecule has 0 radical (unpaired) electrons. The monoisotopic (exact) mass is 241 g/mol. The van der Waals surface area contributed by atoms with Crippen LogP contribution in [-0.2, 0) is 4.74 Å². The Hall–Kier alpha value is -1.74. The molecule has 0 aliphatic carbocycles. The number of ketones is 1. The number of Topliss-reactive ketones (excluding diaryl/α,β-unsaturated/α-hetero) is 1. The molecule has 2 unspecified atom stereocenters. The van der Waals surface area contributed by atoms with Crippen molar-refractivity contribution in [3.8, 4) is 0 Å². The fourth-order valence-electron chi connectivity index (χ4n) is 2.59. The number of carbonyl (C=O) groups is 1. The standard InChI is InChI=1S/C15H15NO2/c1-10-12(6-7-18-10)15(17)14-9-16-8-11-4-2-3-5-13(11)14/h2-5,8-10,12H,6-7H2,1H3. The van der Waals surface area contributed by atoms with E-state index in [2.05, 4.69) is 4.98 Å². The number of benzene rings is 1. The molecule has 1 saturated heterocycles. The number of nitrogens with zero attached hydrogens (tertiary/aromatic N) is 1. The smallest absolute Gasteiger partial charge is 0.170 e. The molecular weight excluding hydrogens is 226 g/mol. The van der Waals surface area contributed by atoms with Crippen LogP contribution in [0, 0.1) is 5.92 Å². The third kappa shape index (κ3) is 1.81. The predicted octanol–water partition coefficient (Wildman–Crippen LogP) is 2.84. The second-order valence-corrected chi connectivity index (χ2v) is 4.74. The van der Waals surface area contributed by atoms with Crippen LogP contribution in [0.15, 0.2) is 36.7 Å². The van der Waals surface area contributed by atoms with Crippen molar-refractivity contribution in [3.63, 3.8) is 0 Å². The number of carbonyl (C=O) groups excluding carboxylic acids is 1. The minimum Gasteiger partial charge on any atom is -0.378 e. The first kappa shape index (κ1) is 11.4.